The summed E-state index contributed by atoms with van der Waals surface area (Å²) in [5.74, 6) is 1.70. The first-order valence-electron chi connectivity index (χ1n) is 9.33. The molecule has 0 spiro atoms. The number of esters is 1. The smallest absolute Gasteiger partial charge is 0.325 e. The molecule has 0 aromatic heterocycles. The highest BCUT2D eigenvalue weighted by Gasteiger charge is 2.14. The first-order valence-corrected chi connectivity index (χ1v) is 9.33. The summed E-state index contributed by atoms with van der Waals surface area (Å²) < 4.78 is 21.4. The Bertz CT molecular complexity index is 1030. The monoisotopic (exact) mass is 405 g/mol. The fraction of sp³-hybridized carbons (Fsp3) is 0.130. The average molecular weight is 405 g/mol. The van der Waals surface area contributed by atoms with E-state index < -0.39 is 5.97 Å². The fourth-order valence-corrected chi connectivity index (χ4v) is 2.80. The van der Waals surface area contributed by atoms with Crippen LogP contribution in [0.5, 0.6) is 23.0 Å². The van der Waals surface area contributed by atoms with Gasteiger partial charge in [0, 0.05) is 5.56 Å². The number of ether oxygens (including phenoxy) is 4. The third-order valence-electron chi connectivity index (χ3n) is 4.33. The number of hydrogen-bond acceptors (Lipinski definition) is 6. The third-order valence-corrected chi connectivity index (χ3v) is 4.33. The molecule has 0 bridgehead atoms. The van der Waals surface area contributed by atoms with E-state index in [1.54, 1.807) is 42.5 Å². The van der Waals surface area contributed by atoms with E-state index in [4.69, 9.17) is 18.9 Å². The summed E-state index contributed by atoms with van der Waals surface area (Å²) in [4.78, 5) is 24.2. The van der Waals surface area contributed by atoms with Gasteiger partial charge >= 0.3 is 5.97 Å². The van der Waals surface area contributed by atoms with Gasteiger partial charge in [-0.1, -0.05) is 24.3 Å². The molecule has 0 saturated carbocycles. The molecule has 0 aliphatic carbocycles. The Hall–Kier alpha value is -4.00. The van der Waals surface area contributed by atoms with Crippen LogP contribution in [0.4, 0.5) is 0 Å². The second kappa shape index (κ2) is 9.00. The average Bonchev–Trinajstić information content (AvgIpc) is 3.25. The maximum Gasteiger partial charge on any atom is 0.325 e. The van der Waals surface area contributed by atoms with Crippen LogP contribution >= 0.6 is 0 Å². The molecule has 0 atom stereocenters. The summed E-state index contributed by atoms with van der Waals surface area (Å²) in [6.07, 6.45) is 0. The molecule has 3 aromatic rings. The molecule has 1 heterocycles. The van der Waals surface area contributed by atoms with Crippen LogP contribution in [0.1, 0.15) is 15.9 Å². The number of hydrogen-bond donors (Lipinski definition) is 1. The molecule has 152 valence electrons. The van der Waals surface area contributed by atoms with Crippen LogP contribution < -0.4 is 19.5 Å². The summed E-state index contributed by atoms with van der Waals surface area (Å²) in [5, 5.41) is 2.55. The predicted molar refractivity (Wildman–Crippen MR) is 108 cm³/mol. The number of para-hydroxylation sites is 1. The van der Waals surface area contributed by atoms with Crippen LogP contribution in [-0.2, 0) is 16.1 Å². The fourth-order valence-electron chi connectivity index (χ4n) is 2.80. The van der Waals surface area contributed by atoms with Crippen LogP contribution in [0.2, 0.25) is 0 Å². The van der Waals surface area contributed by atoms with Crippen molar-refractivity contribution in [3.05, 3.63) is 83.9 Å². The standard InChI is InChI=1S/C23H19NO6/c25-22(27-14-16-6-11-20-21(12-16)29-15-28-20)13-24-23(26)17-7-9-19(10-8-17)30-18-4-2-1-3-5-18/h1-12H,13-15H2,(H,24,26). The van der Waals surface area contributed by atoms with Gasteiger partial charge in [-0.15, -0.1) is 0 Å². The molecule has 1 amide bonds. The Balaban J connectivity index is 1.23. The highest BCUT2D eigenvalue weighted by atomic mass is 16.7. The molecule has 3 aromatic carbocycles. The number of carbonyl (C=O) groups excluding carboxylic acids is 2. The maximum absolute atomic E-state index is 12.2. The highest BCUT2D eigenvalue weighted by Crippen LogP contribution is 2.32. The van der Waals surface area contributed by atoms with Crippen LogP contribution in [-0.4, -0.2) is 25.2 Å². The largest absolute Gasteiger partial charge is 0.460 e. The van der Waals surface area contributed by atoms with Crippen LogP contribution in [0, 0.1) is 0 Å². The van der Waals surface area contributed by atoms with Crippen molar-refractivity contribution in [2.24, 2.45) is 0 Å². The van der Waals surface area contributed by atoms with Crippen molar-refractivity contribution in [2.45, 2.75) is 6.61 Å². The van der Waals surface area contributed by atoms with Crippen molar-refractivity contribution in [1.82, 2.24) is 5.32 Å². The molecule has 4 rings (SSSR count). The van der Waals surface area contributed by atoms with Gasteiger partial charge in [0.25, 0.3) is 5.91 Å². The molecule has 1 aliphatic heterocycles. The van der Waals surface area contributed by atoms with E-state index in [0.717, 1.165) is 5.56 Å². The summed E-state index contributed by atoms with van der Waals surface area (Å²) in [7, 11) is 0. The second-order valence-corrected chi connectivity index (χ2v) is 6.47. The van der Waals surface area contributed by atoms with Crippen molar-refractivity contribution in [3.8, 4) is 23.0 Å². The van der Waals surface area contributed by atoms with Crippen molar-refractivity contribution in [1.29, 1.82) is 0 Å². The number of rotatable bonds is 7. The number of benzene rings is 3. The van der Waals surface area contributed by atoms with E-state index in [-0.39, 0.29) is 25.9 Å². The van der Waals surface area contributed by atoms with Gasteiger partial charge in [-0.3, -0.25) is 9.59 Å². The van der Waals surface area contributed by atoms with Gasteiger partial charge in [-0.2, -0.15) is 0 Å². The topological polar surface area (TPSA) is 83.1 Å². The van der Waals surface area contributed by atoms with E-state index in [1.807, 2.05) is 30.3 Å². The van der Waals surface area contributed by atoms with Gasteiger partial charge in [-0.25, -0.2) is 0 Å². The highest BCUT2D eigenvalue weighted by molar-refractivity contribution is 5.96. The first kappa shape index (κ1) is 19.3. The number of nitrogens with one attached hydrogen (secondary N) is 1. The Morgan fingerprint density at radius 1 is 0.867 bits per heavy atom. The predicted octanol–water partition coefficient (Wildman–Crippen LogP) is 3.68. The lowest BCUT2D eigenvalue weighted by molar-refractivity contribution is -0.143. The molecule has 0 saturated heterocycles. The third kappa shape index (κ3) is 4.88. The minimum atomic E-state index is -0.537. The quantitative estimate of drug-likeness (QED) is 0.604. The van der Waals surface area contributed by atoms with Crippen molar-refractivity contribution >= 4 is 11.9 Å². The van der Waals surface area contributed by atoms with Gasteiger partial charge < -0.3 is 24.3 Å². The van der Waals surface area contributed by atoms with Crippen molar-refractivity contribution in [3.63, 3.8) is 0 Å². The Morgan fingerprint density at radius 2 is 1.60 bits per heavy atom. The molecule has 7 nitrogen and oxygen atoms in total. The molecule has 0 unspecified atom stereocenters. The molecule has 30 heavy (non-hydrogen) atoms. The van der Waals surface area contributed by atoms with E-state index in [2.05, 4.69) is 5.32 Å². The summed E-state index contributed by atoms with van der Waals surface area (Å²) in [6.45, 7) is 0.0342. The molecular weight excluding hydrogens is 386 g/mol. The SMILES string of the molecule is O=C(CNC(=O)c1ccc(Oc2ccccc2)cc1)OCc1ccc2c(c1)OCO2. The van der Waals surface area contributed by atoms with E-state index >= 15 is 0 Å². The van der Waals surface area contributed by atoms with Crippen LogP contribution in [0.15, 0.2) is 72.8 Å². The molecule has 1 N–H and O–H groups in total. The summed E-state index contributed by atoms with van der Waals surface area (Å²) in [6, 6.07) is 21.3. The molecule has 0 fully saturated rings. The first-order chi connectivity index (χ1) is 14.7. The zero-order chi connectivity index (χ0) is 20.8. The molecule has 1 aliphatic rings. The van der Waals surface area contributed by atoms with Gasteiger partial charge in [-0.05, 0) is 54.1 Å². The molecule has 7 heteroatoms. The minimum Gasteiger partial charge on any atom is -0.460 e. The lowest BCUT2D eigenvalue weighted by atomic mass is 10.2. The lowest BCUT2D eigenvalue weighted by Gasteiger charge is -2.08. The summed E-state index contributed by atoms with van der Waals surface area (Å²) >= 11 is 0. The molecular formula is C23H19NO6. The van der Waals surface area contributed by atoms with Gasteiger partial charge in [0.1, 0.15) is 24.7 Å². The van der Waals surface area contributed by atoms with E-state index in [0.29, 0.717) is 28.6 Å². The minimum absolute atomic E-state index is 0.0802. The zero-order valence-corrected chi connectivity index (χ0v) is 16.0. The number of amides is 1. The Morgan fingerprint density at radius 3 is 2.40 bits per heavy atom. The van der Waals surface area contributed by atoms with E-state index in [9.17, 15) is 9.59 Å². The summed E-state index contributed by atoms with van der Waals surface area (Å²) in [5.41, 5.74) is 1.19. The van der Waals surface area contributed by atoms with Gasteiger partial charge in [0.2, 0.25) is 6.79 Å². The Kier molecular flexibility index (Phi) is 5.80. The van der Waals surface area contributed by atoms with Crippen molar-refractivity contribution < 1.29 is 28.5 Å². The van der Waals surface area contributed by atoms with Gasteiger partial charge in [0.15, 0.2) is 11.5 Å². The number of fused-ring (bicyclic) bond motifs is 1. The maximum atomic E-state index is 12.2. The van der Waals surface area contributed by atoms with Crippen LogP contribution in [0.25, 0.3) is 0 Å². The Labute approximate surface area is 173 Å². The van der Waals surface area contributed by atoms with Gasteiger partial charge in [0.05, 0.1) is 0 Å². The second-order valence-electron chi connectivity index (χ2n) is 6.47. The normalized spacial score (nSPS) is 11.6. The van der Waals surface area contributed by atoms with Crippen molar-refractivity contribution in [2.75, 3.05) is 13.3 Å². The van der Waals surface area contributed by atoms with Crippen LogP contribution in [0.3, 0.4) is 0 Å². The molecule has 0 radical (unpaired) electrons. The lowest BCUT2D eigenvalue weighted by Crippen LogP contribution is -2.30. The number of carbonyl (C=O) groups is 2. The zero-order valence-electron chi connectivity index (χ0n) is 16.0. The van der Waals surface area contributed by atoms with E-state index in [1.165, 1.54) is 0 Å².